The topological polar surface area (TPSA) is 116 Å². The average Bonchev–Trinajstić information content (AvgIpc) is 2.41. The minimum Gasteiger partial charge on any atom is -0.480 e. The second kappa shape index (κ2) is 11.0. The minimum absolute atomic E-state index is 0.245. The van der Waals surface area contributed by atoms with Crippen molar-refractivity contribution < 1.29 is 24.7 Å². The van der Waals surface area contributed by atoms with Gasteiger partial charge < -0.3 is 30.5 Å². The Kier molecular flexibility index (Phi) is 10.6. The van der Waals surface area contributed by atoms with Crippen LogP contribution < -0.4 is 5.73 Å². The number of aliphatic carboxylic acids is 1. The van der Waals surface area contributed by atoms with E-state index < -0.39 is 18.6 Å². The maximum Gasteiger partial charge on any atom is 0.451 e. The van der Waals surface area contributed by atoms with Gasteiger partial charge in [-0.2, -0.15) is 0 Å². The van der Waals surface area contributed by atoms with Crippen molar-refractivity contribution >= 4 is 13.1 Å². The van der Waals surface area contributed by atoms with Crippen molar-refractivity contribution in [3.05, 3.63) is 0 Å². The Balaban J connectivity index is 4.06. The van der Waals surface area contributed by atoms with Crippen LogP contribution in [0.2, 0.25) is 6.32 Å². The number of carboxylic acid groups (broad SMARTS) is 1. The number of hydrogen-bond donors (Lipinski definition) is 4. The van der Waals surface area contributed by atoms with Gasteiger partial charge in [-0.05, 0) is 39.2 Å². The van der Waals surface area contributed by atoms with E-state index in [9.17, 15) is 9.90 Å². The summed E-state index contributed by atoms with van der Waals surface area (Å²) < 4.78 is 4.98. The Morgan fingerprint density at radius 1 is 1.24 bits per heavy atom. The fourth-order valence-electron chi connectivity index (χ4n) is 2.13. The first-order valence-electron chi connectivity index (χ1n) is 7.37. The van der Waals surface area contributed by atoms with E-state index in [1.54, 1.807) is 7.11 Å². The Hall–Kier alpha value is -0.665. The Morgan fingerprint density at radius 3 is 2.38 bits per heavy atom. The Bertz CT molecular complexity index is 294. The molecule has 0 radical (unpaired) electrons. The van der Waals surface area contributed by atoms with Crippen LogP contribution in [0.15, 0.2) is 0 Å². The summed E-state index contributed by atoms with van der Waals surface area (Å²) >= 11 is 0. The summed E-state index contributed by atoms with van der Waals surface area (Å²) in [4.78, 5) is 13.4. The fraction of sp³-hybridized carbons (Fsp3) is 0.923. The largest absolute Gasteiger partial charge is 0.480 e. The first kappa shape index (κ1) is 20.3. The van der Waals surface area contributed by atoms with Crippen molar-refractivity contribution in [3.8, 4) is 0 Å². The molecule has 0 aromatic carbocycles. The van der Waals surface area contributed by atoms with Crippen molar-refractivity contribution in [1.29, 1.82) is 0 Å². The van der Waals surface area contributed by atoms with Crippen LogP contribution in [0, 0.1) is 0 Å². The molecule has 0 fully saturated rings. The third-order valence-electron chi connectivity index (χ3n) is 3.60. The number of unbranched alkanes of at least 4 members (excludes halogenated alkanes) is 1. The van der Waals surface area contributed by atoms with Gasteiger partial charge in [0.1, 0.15) is 5.54 Å². The number of hydrogen-bond acceptors (Lipinski definition) is 6. The molecule has 0 bridgehead atoms. The number of nitrogens with two attached hydrogens (primary N) is 1. The zero-order valence-electron chi connectivity index (χ0n) is 13.1. The molecule has 0 saturated heterocycles. The van der Waals surface area contributed by atoms with Crippen LogP contribution >= 0.6 is 0 Å². The minimum atomic E-state index is -1.34. The summed E-state index contributed by atoms with van der Waals surface area (Å²) in [6.45, 7) is 2.22. The van der Waals surface area contributed by atoms with Crippen LogP contribution in [-0.4, -0.2) is 72.5 Å². The van der Waals surface area contributed by atoms with Gasteiger partial charge in [0.15, 0.2) is 0 Å². The average molecular weight is 304 g/mol. The SMILES string of the molecule is COCCN(C)CCCC(N)(CCCCB(O)O)C(=O)O. The number of carboxylic acids is 1. The molecule has 8 heteroatoms. The molecular formula is C13H29BN2O5. The molecule has 0 saturated carbocycles. The molecule has 0 aromatic rings. The molecule has 5 N–H and O–H groups in total. The monoisotopic (exact) mass is 304 g/mol. The molecule has 7 nitrogen and oxygen atoms in total. The van der Waals surface area contributed by atoms with Gasteiger partial charge in [-0.15, -0.1) is 0 Å². The second-order valence-electron chi connectivity index (χ2n) is 5.59. The third kappa shape index (κ3) is 9.81. The quantitative estimate of drug-likeness (QED) is 0.274. The van der Waals surface area contributed by atoms with E-state index in [2.05, 4.69) is 4.90 Å². The van der Waals surface area contributed by atoms with Gasteiger partial charge in [0.2, 0.25) is 0 Å². The van der Waals surface area contributed by atoms with E-state index in [0.29, 0.717) is 38.7 Å². The lowest BCUT2D eigenvalue weighted by molar-refractivity contribution is -0.144. The van der Waals surface area contributed by atoms with E-state index in [0.717, 1.165) is 13.1 Å². The van der Waals surface area contributed by atoms with Gasteiger partial charge in [-0.25, -0.2) is 0 Å². The molecule has 0 heterocycles. The van der Waals surface area contributed by atoms with E-state index >= 15 is 0 Å². The molecule has 21 heavy (non-hydrogen) atoms. The van der Waals surface area contributed by atoms with Gasteiger partial charge in [0, 0.05) is 13.7 Å². The van der Waals surface area contributed by atoms with Crippen LogP contribution in [0.25, 0.3) is 0 Å². The fourth-order valence-corrected chi connectivity index (χ4v) is 2.13. The molecule has 1 unspecified atom stereocenters. The van der Waals surface area contributed by atoms with Gasteiger partial charge in [0.05, 0.1) is 6.61 Å². The van der Waals surface area contributed by atoms with E-state index in [1.807, 2.05) is 7.05 Å². The van der Waals surface area contributed by atoms with Crippen molar-refractivity contribution in [2.24, 2.45) is 5.73 Å². The van der Waals surface area contributed by atoms with Crippen LogP contribution in [-0.2, 0) is 9.53 Å². The van der Waals surface area contributed by atoms with Crippen molar-refractivity contribution in [2.45, 2.75) is 44.0 Å². The number of carbonyl (C=O) groups is 1. The summed E-state index contributed by atoms with van der Waals surface area (Å²) in [5.74, 6) is -0.994. The first-order chi connectivity index (χ1) is 9.81. The lowest BCUT2D eigenvalue weighted by Crippen LogP contribution is -2.48. The first-order valence-corrected chi connectivity index (χ1v) is 7.37. The molecule has 0 aliphatic rings. The van der Waals surface area contributed by atoms with Crippen LogP contribution in [0.1, 0.15) is 32.1 Å². The summed E-state index contributed by atoms with van der Waals surface area (Å²) in [6.07, 6.45) is 2.82. The Labute approximate surface area is 127 Å². The van der Waals surface area contributed by atoms with Gasteiger partial charge in [-0.3, -0.25) is 4.79 Å². The third-order valence-corrected chi connectivity index (χ3v) is 3.60. The molecule has 0 aromatic heterocycles. The molecule has 0 rings (SSSR count). The highest BCUT2D eigenvalue weighted by Crippen LogP contribution is 2.19. The maximum absolute atomic E-state index is 11.3. The molecule has 124 valence electrons. The van der Waals surface area contributed by atoms with Crippen molar-refractivity contribution in [3.63, 3.8) is 0 Å². The highest BCUT2D eigenvalue weighted by atomic mass is 16.5. The highest BCUT2D eigenvalue weighted by Gasteiger charge is 2.32. The number of likely N-dealkylation sites (N-methyl/N-ethyl adjacent to an activating group) is 1. The second-order valence-corrected chi connectivity index (χ2v) is 5.59. The smallest absolute Gasteiger partial charge is 0.451 e. The molecule has 0 spiro atoms. The number of ether oxygens (including phenoxy) is 1. The van der Waals surface area contributed by atoms with E-state index in [1.165, 1.54) is 0 Å². The van der Waals surface area contributed by atoms with Gasteiger partial charge >= 0.3 is 13.1 Å². The number of nitrogens with zero attached hydrogens (tertiary/aromatic N) is 1. The number of rotatable bonds is 13. The van der Waals surface area contributed by atoms with Crippen LogP contribution in [0.3, 0.4) is 0 Å². The molecule has 0 amide bonds. The predicted octanol–water partition coefficient (Wildman–Crippen LogP) is -0.230. The van der Waals surface area contributed by atoms with Crippen LogP contribution in [0.4, 0.5) is 0 Å². The maximum atomic E-state index is 11.3. The van der Waals surface area contributed by atoms with E-state index in [4.69, 9.17) is 20.5 Å². The van der Waals surface area contributed by atoms with Crippen molar-refractivity contribution in [1.82, 2.24) is 4.90 Å². The van der Waals surface area contributed by atoms with E-state index in [-0.39, 0.29) is 6.32 Å². The molecular weight excluding hydrogens is 275 g/mol. The zero-order chi connectivity index (χ0) is 16.3. The summed E-state index contributed by atoms with van der Waals surface area (Å²) in [5, 5.41) is 26.8. The van der Waals surface area contributed by atoms with Crippen molar-refractivity contribution in [2.75, 3.05) is 33.9 Å². The molecule has 0 aliphatic heterocycles. The van der Waals surface area contributed by atoms with Gasteiger partial charge in [0.25, 0.3) is 0 Å². The van der Waals surface area contributed by atoms with Crippen LogP contribution in [0.5, 0.6) is 0 Å². The summed E-state index contributed by atoms with van der Waals surface area (Å²) in [6, 6.07) is 0. The lowest BCUT2D eigenvalue weighted by atomic mass is 9.81. The lowest BCUT2D eigenvalue weighted by Gasteiger charge is -2.26. The zero-order valence-corrected chi connectivity index (χ0v) is 13.1. The predicted molar refractivity (Wildman–Crippen MR) is 82.0 cm³/mol. The Morgan fingerprint density at radius 2 is 1.86 bits per heavy atom. The highest BCUT2D eigenvalue weighted by molar-refractivity contribution is 6.40. The summed E-state index contributed by atoms with van der Waals surface area (Å²) in [7, 11) is 2.27. The summed E-state index contributed by atoms with van der Waals surface area (Å²) in [5.41, 5.74) is 4.74. The molecule has 1 atom stereocenters. The molecule has 0 aliphatic carbocycles. The number of methoxy groups -OCH3 is 1. The normalized spacial score (nSPS) is 14.2. The van der Waals surface area contributed by atoms with Gasteiger partial charge in [-0.1, -0.05) is 12.8 Å². The standard InChI is InChI=1S/C13H29BN2O5/c1-16(10-11-21-2)9-5-7-13(15,12(17)18)6-3-4-8-14(19)20/h19-20H,3-11,15H2,1-2H3,(H,17,18).